The molecule has 134 valence electrons. The molecule has 0 aromatic heterocycles. The summed E-state index contributed by atoms with van der Waals surface area (Å²) in [4.78, 5) is 36.6. The molecule has 1 atom stereocenters. The number of hydrogen-bond acceptors (Lipinski definition) is 4. The summed E-state index contributed by atoms with van der Waals surface area (Å²) in [6, 6.07) is 11.1. The molecular formula is C18H16ClN3O4. The molecular weight excluding hydrogens is 358 g/mol. The minimum absolute atomic E-state index is 0.0366. The van der Waals surface area contributed by atoms with Crippen LogP contribution in [0.2, 0.25) is 5.02 Å². The zero-order valence-corrected chi connectivity index (χ0v) is 14.7. The maximum absolute atomic E-state index is 12.5. The molecule has 2 aromatic carbocycles. The molecule has 1 unspecified atom stereocenters. The van der Waals surface area contributed by atoms with Gasteiger partial charge in [0.15, 0.2) is 0 Å². The van der Waals surface area contributed by atoms with E-state index in [1.807, 2.05) is 0 Å². The number of rotatable bonds is 4. The molecule has 1 aliphatic heterocycles. The number of hydrogen-bond donors (Lipinski definition) is 1. The van der Waals surface area contributed by atoms with Crippen LogP contribution in [0.5, 0.6) is 0 Å². The standard InChI is InChI=1S/C18H16ClN3O4/c1-11-8-15(22(25)26)6-7-16(11)20-18(24)12-9-17(23)21(10-12)14-4-2-13(19)3-5-14/h2-8,12H,9-10H2,1H3,(H,20,24). The minimum atomic E-state index is -0.493. The van der Waals surface area contributed by atoms with Crippen molar-refractivity contribution in [2.75, 3.05) is 16.8 Å². The van der Waals surface area contributed by atoms with Gasteiger partial charge in [0, 0.05) is 41.5 Å². The lowest BCUT2D eigenvalue weighted by Gasteiger charge is -2.17. The van der Waals surface area contributed by atoms with Crippen molar-refractivity contribution in [1.29, 1.82) is 0 Å². The number of carbonyl (C=O) groups excluding carboxylic acids is 2. The zero-order chi connectivity index (χ0) is 18.8. The van der Waals surface area contributed by atoms with Crippen LogP contribution in [-0.4, -0.2) is 23.3 Å². The zero-order valence-electron chi connectivity index (χ0n) is 13.9. The average Bonchev–Trinajstić information content (AvgIpc) is 2.99. The van der Waals surface area contributed by atoms with Crippen molar-refractivity contribution < 1.29 is 14.5 Å². The van der Waals surface area contributed by atoms with Crippen LogP contribution in [0.1, 0.15) is 12.0 Å². The van der Waals surface area contributed by atoms with Crippen LogP contribution in [0.15, 0.2) is 42.5 Å². The normalized spacial score (nSPS) is 16.6. The summed E-state index contributed by atoms with van der Waals surface area (Å²) in [5.74, 6) is -0.910. The molecule has 1 aliphatic rings. The van der Waals surface area contributed by atoms with E-state index in [4.69, 9.17) is 11.6 Å². The number of benzene rings is 2. The van der Waals surface area contributed by atoms with Crippen LogP contribution < -0.4 is 10.2 Å². The van der Waals surface area contributed by atoms with Gasteiger partial charge < -0.3 is 10.2 Å². The molecule has 0 radical (unpaired) electrons. The highest BCUT2D eigenvalue weighted by Crippen LogP contribution is 2.28. The number of non-ortho nitro benzene ring substituents is 1. The van der Waals surface area contributed by atoms with E-state index in [9.17, 15) is 19.7 Å². The highest BCUT2D eigenvalue weighted by Gasteiger charge is 2.35. The third kappa shape index (κ3) is 3.67. The smallest absolute Gasteiger partial charge is 0.269 e. The van der Waals surface area contributed by atoms with Crippen molar-refractivity contribution >= 4 is 40.5 Å². The highest BCUT2D eigenvalue weighted by molar-refractivity contribution is 6.30. The summed E-state index contributed by atoms with van der Waals surface area (Å²) in [5, 5.41) is 14.1. The van der Waals surface area contributed by atoms with Gasteiger partial charge in [-0.1, -0.05) is 11.6 Å². The lowest BCUT2D eigenvalue weighted by molar-refractivity contribution is -0.384. The van der Waals surface area contributed by atoms with Crippen LogP contribution >= 0.6 is 11.6 Å². The molecule has 2 aromatic rings. The monoisotopic (exact) mass is 373 g/mol. The van der Waals surface area contributed by atoms with E-state index >= 15 is 0 Å². The Balaban J connectivity index is 1.70. The number of aryl methyl sites for hydroxylation is 1. The number of carbonyl (C=O) groups is 2. The average molecular weight is 374 g/mol. The molecule has 1 N–H and O–H groups in total. The second-order valence-electron chi connectivity index (χ2n) is 6.13. The third-order valence-electron chi connectivity index (χ3n) is 4.31. The van der Waals surface area contributed by atoms with Crippen LogP contribution in [0.4, 0.5) is 17.1 Å². The van der Waals surface area contributed by atoms with E-state index in [1.165, 1.54) is 18.2 Å². The van der Waals surface area contributed by atoms with Gasteiger partial charge in [-0.15, -0.1) is 0 Å². The number of amides is 2. The molecule has 0 bridgehead atoms. The van der Waals surface area contributed by atoms with Crippen molar-refractivity contribution in [1.82, 2.24) is 0 Å². The van der Waals surface area contributed by atoms with Crippen LogP contribution in [0.3, 0.4) is 0 Å². The van der Waals surface area contributed by atoms with E-state index < -0.39 is 10.8 Å². The molecule has 0 saturated carbocycles. The molecule has 7 nitrogen and oxygen atoms in total. The number of nitrogens with one attached hydrogen (secondary N) is 1. The van der Waals surface area contributed by atoms with Gasteiger partial charge in [-0.2, -0.15) is 0 Å². The summed E-state index contributed by atoms with van der Waals surface area (Å²) >= 11 is 5.86. The second-order valence-corrected chi connectivity index (χ2v) is 6.56. The van der Waals surface area contributed by atoms with E-state index in [-0.39, 0.29) is 30.5 Å². The Labute approximate surface area is 154 Å². The van der Waals surface area contributed by atoms with Gasteiger partial charge in [-0.05, 0) is 42.8 Å². The van der Waals surface area contributed by atoms with Crippen molar-refractivity contribution in [3.63, 3.8) is 0 Å². The van der Waals surface area contributed by atoms with Crippen molar-refractivity contribution in [3.8, 4) is 0 Å². The van der Waals surface area contributed by atoms with E-state index in [0.29, 0.717) is 22.0 Å². The van der Waals surface area contributed by atoms with Gasteiger partial charge in [0.05, 0.1) is 10.8 Å². The Kier molecular flexibility index (Phi) is 4.90. The summed E-state index contributed by atoms with van der Waals surface area (Å²) in [5.41, 5.74) is 1.75. The first-order valence-corrected chi connectivity index (χ1v) is 8.35. The lowest BCUT2D eigenvalue weighted by atomic mass is 10.1. The van der Waals surface area contributed by atoms with Crippen molar-refractivity contribution in [2.45, 2.75) is 13.3 Å². The number of anilines is 2. The Morgan fingerprint density at radius 1 is 1.27 bits per heavy atom. The second kappa shape index (κ2) is 7.13. The molecule has 3 rings (SSSR count). The molecule has 1 fully saturated rings. The molecule has 0 spiro atoms. The molecule has 0 aliphatic carbocycles. The third-order valence-corrected chi connectivity index (χ3v) is 4.56. The SMILES string of the molecule is Cc1cc([N+](=O)[O-])ccc1NC(=O)C1CC(=O)N(c2ccc(Cl)cc2)C1. The van der Waals surface area contributed by atoms with Gasteiger partial charge in [-0.25, -0.2) is 0 Å². The van der Waals surface area contributed by atoms with E-state index in [1.54, 1.807) is 36.1 Å². The Morgan fingerprint density at radius 3 is 2.58 bits per heavy atom. The highest BCUT2D eigenvalue weighted by atomic mass is 35.5. The van der Waals surface area contributed by atoms with Gasteiger partial charge in [0.1, 0.15) is 0 Å². The van der Waals surface area contributed by atoms with Gasteiger partial charge in [0.25, 0.3) is 5.69 Å². The topological polar surface area (TPSA) is 92.5 Å². The molecule has 1 saturated heterocycles. The molecule has 2 amide bonds. The van der Waals surface area contributed by atoms with E-state index in [0.717, 1.165) is 0 Å². The first-order chi connectivity index (χ1) is 12.3. The van der Waals surface area contributed by atoms with Crippen LogP contribution in [-0.2, 0) is 9.59 Å². The van der Waals surface area contributed by atoms with Gasteiger partial charge in [0.2, 0.25) is 11.8 Å². The summed E-state index contributed by atoms with van der Waals surface area (Å²) in [7, 11) is 0. The molecule has 26 heavy (non-hydrogen) atoms. The fourth-order valence-electron chi connectivity index (χ4n) is 2.89. The van der Waals surface area contributed by atoms with Gasteiger partial charge >= 0.3 is 0 Å². The summed E-state index contributed by atoms with van der Waals surface area (Å²) < 4.78 is 0. The molecule has 8 heteroatoms. The summed E-state index contributed by atoms with van der Waals surface area (Å²) in [6.45, 7) is 1.96. The van der Waals surface area contributed by atoms with E-state index in [2.05, 4.69) is 5.32 Å². The summed E-state index contributed by atoms with van der Waals surface area (Å²) in [6.07, 6.45) is 0.112. The quantitative estimate of drug-likeness (QED) is 0.655. The number of nitro groups is 1. The van der Waals surface area contributed by atoms with Gasteiger partial charge in [-0.3, -0.25) is 19.7 Å². The van der Waals surface area contributed by atoms with Crippen molar-refractivity contribution in [3.05, 3.63) is 63.2 Å². The fraction of sp³-hybridized carbons (Fsp3) is 0.222. The van der Waals surface area contributed by atoms with Crippen LogP contribution in [0, 0.1) is 23.0 Å². The number of halogens is 1. The minimum Gasteiger partial charge on any atom is -0.326 e. The largest absolute Gasteiger partial charge is 0.326 e. The predicted molar refractivity (Wildman–Crippen MR) is 98.4 cm³/mol. The fourth-order valence-corrected chi connectivity index (χ4v) is 3.02. The Bertz CT molecular complexity index is 883. The van der Waals surface area contributed by atoms with Crippen LogP contribution in [0.25, 0.3) is 0 Å². The first-order valence-electron chi connectivity index (χ1n) is 7.97. The lowest BCUT2D eigenvalue weighted by Crippen LogP contribution is -2.28. The number of nitrogens with zero attached hydrogens (tertiary/aromatic N) is 2. The maximum Gasteiger partial charge on any atom is 0.269 e. The molecule has 1 heterocycles. The number of nitro benzene ring substituents is 1. The Morgan fingerprint density at radius 2 is 1.96 bits per heavy atom. The maximum atomic E-state index is 12.5. The van der Waals surface area contributed by atoms with Crippen molar-refractivity contribution in [2.24, 2.45) is 5.92 Å². The first kappa shape index (κ1) is 17.9. The Hall–Kier alpha value is -2.93. The predicted octanol–water partition coefficient (Wildman–Crippen LogP) is 3.55.